The highest BCUT2D eigenvalue weighted by Crippen LogP contribution is 2.32. The zero-order chi connectivity index (χ0) is 17.3. The van der Waals surface area contributed by atoms with E-state index in [4.69, 9.17) is 0 Å². The van der Waals surface area contributed by atoms with Gasteiger partial charge in [0.25, 0.3) is 0 Å². The van der Waals surface area contributed by atoms with Crippen molar-refractivity contribution in [1.29, 1.82) is 0 Å². The Labute approximate surface area is 141 Å². The molecule has 7 heteroatoms. The van der Waals surface area contributed by atoms with Gasteiger partial charge in [0.1, 0.15) is 0 Å². The first kappa shape index (κ1) is 16.3. The van der Waals surface area contributed by atoms with E-state index in [0.717, 1.165) is 11.1 Å². The van der Waals surface area contributed by atoms with E-state index in [0.29, 0.717) is 30.0 Å². The lowest BCUT2D eigenvalue weighted by atomic mass is 10.1. The molecule has 2 amide bonds. The molecule has 2 N–H and O–H groups in total. The van der Waals surface area contributed by atoms with Crippen LogP contribution in [0.25, 0.3) is 0 Å². The summed E-state index contributed by atoms with van der Waals surface area (Å²) in [5.74, 6) is 0. The number of rotatable bonds is 3. The lowest BCUT2D eigenvalue weighted by molar-refractivity contribution is 0.262. The maximum absolute atomic E-state index is 12.1. The molecule has 126 valence electrons. The molecule has 2 aromatic carbocycles. The van der Waals surface area contributed by atoms with Gasteiger partial charge in [0.15, 0.2) is 0 Å². The highest BCUT2D eigenvalue weighted by molar-refractivity contribution is 7.92. The predicted octanol–water partition coefficient (Wildman–Crippen LogP) is 2.96. The average Bonchev–Trinajstić information content (AvgIpc) is 2.93. The molecule has 0 atom stereocenters. The fraction of sp³-hybridized carbons (Fsp3) is 0.235. The van der Waals surface area contributed by atoms with Crippen LogP contribution in [0, 0.1) is 6.92 Å². The van der Waals surface area contributed by atoms with Crippen molar-refractivity contribution in [2.24, 2.45) is 0 Å². The number of urea groups is 1. The molecule has 0 radical (unpaired) electrons. The average molecular weight is 345 g/mol. The van der Waals surface area contributed by atoms with Gasteiger partial charge in [-0.05, 0) is 43.2 Å². The van der Waals surface area contributed by atoms with Crippen LogP contribution in [0.1, 0.15) is 11.1 Å². The molecular weight excluding hydrogens is 326 g/mol. The summed E-state index contributed by atoms with van der Waals surface area (Å²) in [6.45, 7) is 2.41. The molecule has 0 aromatic heterocycles. The van der Waals surface area contributed by atoms with E-state index in [-0.39, 0.29) is 6.03 Å². The Hall–Kier alpha value is -2.54. The first-order chi connectivity index (χ1) is 11.3. The van der Waals surface area contributed by atoms with Crippen LogP contribution in [0.15, 0.2) is 42.5 Å². The third kappa shape index (κ3) is 3.51. The fourth-order valence-electron chi connectivity index (χ4n) is 2.70. The van der Waals surface area contributed by atoms with Gasteiger partial charge in [-0.3, -0.25) is 4.31 Å². The minimum absolute atomic E-state index is 0.372. The third-order valence-electron chi connectivity index (χ3n) is 3.91. The predicted molar refractivity (Wildman–Crippen MR) is 96.2 cm³/mol. The number of carbonyl (C=O) groups excluding carboxylic acids is 1. The minimum atomic E-state index is -3.31. The van der Waals surface area contributed by atoms with Crippen molar-refractivity contribution in [3.63, 3.8) is 0 Å². The summed E-state index contributed by atoms with van der Waals surface area (Å²) in [6.07, 6.45) is 1.87. The number of aryl methyl sites for hydroxylation is 1. The van der Waals surface area contributed by atoms with Crippen LogP contribution in [-0.2, 0) is 16.4 Å². The van der Waals surface area contributed by atoms with Crippen molar-refractivity contribution in [1.82, 2.24) is 0 Å². The van der Waals surface area contributed by atoms with Crippen LogP contribution in [0.3, 0.4) is 0 Å². The molecule has 1 heterocycles. The summed E-state index contributed by atoms with van der Waals surface area (Å²) in [6, 6.07) is 12.4. The van der Waals surface area contributed by atoms with Crippen molar-refractivity contribution in [3.8, 4) is 0 Å². The topological polar surface area (TPSA) is 78.5 Å². The standard InChI is InChI=1S/C17H19N3O3S/c1-12-3-6-14(7-4-12)18-17(21)19-15-8-5-13-9-10-20(16(13)11-15)24(2,22)23/h3-8,11H,9-10H2,1-2H3,(H2,18,19,21). The normalized spacial score (nSPS) is 13.5. The Morgan fingerprint density at radius 2 is 1.67 bits per heavy atom. The van der Waals surface area contributed by atoms with Crippen LogP contribution >= 0.6 is 0 Å². The summed E-state index contributed by atoms with van der Waals surface area (Å²) in [7, 11) is -3.31. The number of nitrogens with one attached hydrogen (secondary N) is 2. The number of hydrogen-bond acceptors (Lipinski definition) is 3. The Balaban J connectivity index is 1.74. The van der Waals surface area contributed by atoms with E-state index < -0.39 is 10.0 Å². The molecule has 0 aliphatic carbocycles. The Kier molecular flexibility index (Phi) is 4.19. The summed E-state index contributed by atoms with van der Waals surface area (Å²) in [5, 5.41) is 5.48. The van der Waals surface area contributed by atoms with E-state index in [1.54, 1.807) is 12.1 Å². The molecular formula is C17H19N3O3S. The second-order valence-corrected chi connectivity index (χ2v) is 7.78. The summed E-state index contributed by atoms with van der Waals surface area (Å²) < 4.78 is 25.0. The van der Waals surface area contributed by atoms with E-state index >= 15 is 0 Å². The van der Waals surface area contributed by atoms with Crippen LogP contribution < -0.4 is 14.9 Å². The third-order valence-corrected chi connectivity index (χ3v) is 5.09. The first-order valence-electron chi connectivity index (χ1n) is 7.58. The van der Waals surface area contributed by atoms with Gasteiger partial charge in [-0.15, -0.1) is 0 Å². The molecule has 2 aromatic rings. The number of sulfonamides is 1. The Bertz CT molecular complexity index is 876. The zero-order valence-corrected chi connectivity index (χ0v) is 14.4. The van der Waals surface area contributed by atoms with Gasteiger partial charge < -0.3 is 10.6 Å². The maximum atomic E-state index is 12.1. The molecule has 0 unspecified atom stereocenters. The molecule has 24 heavy (non-hydrogen) atoms. The Morgan fingerprint density at radius 1 is 1.04 bits per heavy atom. The number of benzene rings is 2. The molecule has 1 aliphatic rings. The maximum Gasteiger partial charge on any atom is 0.323 e. The van der Waals surface area contributed by atoms with Crippen molar-refractivity contribution in [3.05, 3.63) is 53.6 Å². The van der Waals surface area contributed by atoms with Crippen molar-refractivity contribution in [2.75, 3.05) is 27.7 Å². The number of anilines is 3. The van der Waals surface area contributed by atoms with Gasteiger partial charge >= 0.3 is 6.03 Å². The second kappa shape index (κ2) is 6.16. The van der Waals surface area contributed by atoms with Crippen LogP contribution in [-0.4, -0.2) is 27.2 Å². The van der Waals surface area contributed by atoms with Crippen LogP contribution in [0.5, 0.6) is 0 Å². The molecule has 0 bridgehead atoms. The van der Waals surface area contributed by atoms with E-state index in [2.05, 4.69) is 10.6 Å². The van der Waals surface area contributed by atoms with Gasteiger partial charge in [0, 0.05) is 17.9 Å². The van der Waals surface area contributed by atoms with Gasteiger partial charge in [0.05, 0.1) is 11.9 Å². The van der Waals surface area contributed by atoms with E-state index in [1.165, 1.54) is 10.6 Å². The van der Waals surface area contributed by atoms with E-state index in [1.807, 2.05) is 37.3 Å². The summed E-state index contributed by atoms with van der Waals surface area (Å²) in [4.78, 5) is 12.1. The molecule has 1 aliphatic heterocycles. The minimum Gasteiger partial charge on any atom is -0.308 e. The van der Waals surface area contributed by atoms with E-state index in [9.17, 15) is 13.2 Å². The number of fused-ring (bicyclic) bond motifs is 1. The number of carbonyl (C=O) groups is 1. The zero-order valence-electron chi connectivity index (χ0n) is 13.5. The van der Waals surface area contributed by atoms with Crippen molar-refractivity contribution in [2.45, 2.75) is 13.3 Å². The molecule has 3 rings (SSSR count). The number of nitrogens with zero attached hydrogens (tertiary/aromatic N) is 1. The molecule has 6 nitrogen and oxygen atoms in total. The van der Waals surface area contributed by atoms with Crippen LogP contribution in [0.4, 0.5) is 21.9 Å². The highest BCUT2D eigenvalue weighted by Gasteiger charge is 2.26. The number of amides is 2. The quantitative estimate of drug-likeness (QED) is 0.898. The first-order valence-corrected chi connectivity index (χ1v) is 9.43. The lowest BCUT2D eigenvalue weighted by Gasteiger charge is -2.17. The van der Waals surface area contributed by atoms with Crippen molar-refractivity contribution >= 4 is 33.1 Å². The highest BCUT2D eigenvalue weighted by atomic mass is 32.2. The summed E-state index contributed by atoms with van der Waals surface area (Å²) >= 11 is 0. The van der Waals surface area contributed by atoms with Gasteiger partial charge in [-0.1, -0.05) is 23.8 Å². The SMILES string of the molecule is Cc1ccc(NC(=O)Nc2ccc3c(c2)N(S(C)(=O)=O)CC3)cc1. The Morgan fingerprint density at radius 3 is 2.33 bits per heavy atom. The summed E-state index contributed by atoms with van der Waals surface area (Å²) in [5.41, 5.74) is 3.95. The monoisotopic (exact) mass is 345 g/mol. The fourth-order valence-corrected chi connectivity index (χ4v) is 3.65. The van der Waals surface area contributed by atoms with Gasteiger partial charge in [0.2, 0.25) is 10.0 Å². The second-order valence-electron chi connectivity index (χ2n) is 5.87. The number of hydrogen-bond donors (Lipinski definition) is 2. The molecule has 0 fully saturated rings. The molecule has 0 spiro atoms. The van der Waals surface area contributed by atoms with Gasteiger partial charge in [-0.2, -0.15) is 0 Å². The van der Waals surface area contributed by atoms with Gasteiger partial charge in [-0.25, -0.2) is 13.2 Å². The smallest absolute Gasteiger partial charge is 0.308 e. The van der Waals surface area contributed by atoms with Crippen molar-refractivity contribution < 1.29 is 13.2 Å². The molecule has 0 saturated carbocycles. The largest absolute Gasteiger partial charge is 0.323 e. The van der Waals surface area contributed by atoms with Crippen LogP contribution in [0.2, 0.25) is 0 Å². The lowest BCUT2D eigenvalue weighted by Crippen LogP contribution is -2.27. The molecule has 0 saturated heterocycles.